The van der Waals surface area contributed by atoms with Crippen molar-refractivity contribution < 1.29 is 18.3 Å². The van der Waals surface area contributed by atoms with Gasteiger partial charge in [0.25, 0.3) is 5.91 Å². The van der Waals surface area contributed by atoms with Crippen LogP contribution in [0.1, 0.15) is 54.1 Å². The summed E-state index contributed by atoms with van der Waals surface area (Å²) in [5.74, 6) is -2.18. The highest BCUT2D eigenvalue weighted by Gasteiger charge is 2.27. The highest BCUT2D eigenvalue weighted by molar-refractivity contribution is 7.11. The fourth-order valence-corrected chi connectivity index (χ4v) is 4.82. The molecule has 4 N–H and O–H groups in total. The predicted octanol–water partition coefficient (Wildman–Crippen LogP) is 4.40. The number of thiazole rings is 1. The minimum Gasteiger partial charge on any atom is -0.404 e. The van der Waals surface area contributed by atoms with Crippen molar-refractivity contribution in [3.8, 4) is 11.4 Å². The number of anilines is 1. The van der Waals surface area contributed by atoms with Crippen LogP contribution in [0.5, 0.6) is 0 Å². The van der Waals surface area contributed by atoms with Crippen LogP contribution >= 0.6 is 11.3 Å². The second-order valence-corrected chi connectivity index (χ2v) is 8.84. The summed E-state index contributed by atoms with van der Waals surface area (Å²) in [6, 6.07) is 1.91. The topological polar surface area (TPSA) is 132 Å². The maximum absolute atomic E-state index is 14.6. The minimum atomic E-state index is -0.859. The number of nitrogens with zero attached hydrogens (tertiary/aromatic N) is 4. The molecule has 3 aromatic heterocycles. The SMILES string of the molecule is CCO[C@H]1CC[C@H](n2cc(NC(=O)c3csc(/C(C=N)=C/N)n3)c(-c3nc(F)ccc3F)n2)CC1. The number of allylic oxidation sites excluding steroid dienone is 1. The number of halogens is 2. The average molecular weight is 502 g/mol. The molecule has 0 unspecified atom stereocenters. The lowest BCUT2D eigenvalue weighted by Crippen LogP contribution is -2.24. The Labute approximate surface area is 204 Å². The lowest BCUT2D eigenvalue weighted by atomic mass is 9.93. The number of pyridine rings is 1. The highest BCUT2D eigenvalue weighted by Crippen LogP contribution is 2.34. The number of ether oxygens (including phenoxy) is 1. The van der Waals surface area contributed by atoms with Gasteiger partial charge in [-0.1, -0.05) is 0 Å². The lowest BCUT2D eigenvalue weighted by molar-refractivity contribution is 0.0260. The fraction of sp³-hybridized carbons (Fsp3) is 0.348. The Balaban J connectivity index is 1.64. The summed E-state index contributed by atoms with van der Waals surface area (Å²) in [4.78, 5) is 20.8. The van der Waals surface area contributed by atoms with Gasteiger partial charge in [-0.2, -0.15) is 9.49 Å². The zero-order chi connectivity index (χ0) is 24.9. The third-order valence-corrected chi connectivity index (χ3v) is 6.65. The van der Waals surface area contributed by atoms with Crippen molar-refractivity contribution in [3.05, 3.63) is 52.4 Å². The molecular weight excluding hydrogens is 476 g/mol. The average Bonchev–Trinajstić information content (AvgIpc) is 3.50. The van der Waals surface area contributed by atoms with E-state index < -0.39 is 17.7 Å². The van der Waals surface area contributed by atoms with Crippen LogP contribution in [0.3, 0.4) is 0 Å². The molecule has 12 heteroatoms. The Hall–Kier alpha value is -3.51. The van der Waals surface area contributed by atoms with E-state index in [-0.39, 0.29) is 34.9 Å². The minimum absolute atomic E-state index is 0.0171. The smallest absolute Gasteiger partial charge is 0.275 e. The molecule has 184 valence electrons. The monoisotopic (exact) mass is 501 g/mol. The molecule has 3 aromatic rings. The first-order valence-electron chi connectivity index (χ1n) is 11.2. The Kier molecular flexibility index (Phi) is 7.61. The highest BCUT2D eigenvalue weighted by atomic mass is 32.1. The largest absolute Gasteiger partial charge is 0.404 e. The molecule has 0 aromatic carbocycles. The van der Waals surface area contributed by atoms with E-state index in [2.05, 4.69) is 20.4 Å². The molecular formula is C23H25F2N7O2S. The number of carbonyl (C=O) groups excluding carboxylic acids is 1. The molecule has 0 saturated heterocycles. The van der Waals surface area contributed by atoms with Crippen molar-refractivity contribution in [1.29, 1.82) is 5.41 Å². The maximum Gasteiger partial charge on any atom is 0.275 e. The zero-order valence-electron chi connectivity index (χ0n) is 19.0. The van der Waals surface area contributed by atoms with E-state index in [1.807, 2.05) is 6.92 Å². The summed E-state index contributed by atoms with van der Waals surface area (Å²) in [5.41, 5.74) is 5.88. The summed E-state index contributed by atoms with van der Waals surface area (Å²) in [6.45, 7) is 2.62. The maximum atomic E-state index is 14.6. The van der Waals surface area contributed by atoms with E-state index in [9.17, 15) is 13.6 Å². The van der Waals surface area contributed by atoms with Gasteiger partial charge in [-0.3, -0.25) is 9.48 Å². The normalized spacial score (nSPS) is 18.4. The molecule has 0 radical (unpaired) electrons. The van der Waals surface area contributed by atoms with E-state index in [0.29, 0.717) is 17.2 Å². The summed E-state index contributed by atoms with van der Waals surface area (Å²) >= 11 is 1.16. The Bertz CT molecular complexity index is 1250. The van der Waals surface area contributed by atoms with Gasteiger partial charge >= 0.3 is 0 Å². The van der Waals surface area contributed by atoms with Crippen molar-refractivity contribution >= 4 is 34.7 Å². The lowest BCUT2D eigenvalue weighted by Gasteiger charge is -2.28. The Morgan fingerprint density at radius 2 is 2.06 bits per heavy atom. The van der Waals surface area contributed by atoms with Gasteiger partial charge in [0.2, 0.25) is 5.95 Å². The van der Waals surface area contributed by atoms with Gasteiger partial charge in [0, 0.05) is 36.2 Å². The van der Waals surface area contributed by atoms with Crippen molar-refractivity contribution in [1.82, 2.24) is 19.7 Å². The van der Waals surface area contributed by atoms with Crippen molar-refractivity contribution in [3.63, 3.8) is 0 Å². The number of aromatic nitrogens is 4. The molecule has 9 nitrogen and oxygen atoms in total. The van der Waals surface area contributed by atoms with Crippen LogP contribution in [0.4, 0.5) is 14.5 Å². The van der Waals surface area contributed by atoms with Crippen molar-refractivity contribution in [2.24, 2.45) is 5.73 Å². The molecule has 0 spiro atoms. The van der Waals surface area contributed by atoms with Crippen LogP contribution in [-0.4, -0.2) is 44.6 Å². The number of nitrogens with two attached hydrogens (primary N) is 1. The number of amides is 1. The standard InChI is InChI=1S/C23H25F2N7O2S/c1-2-34-15-5-3-14(4-6-15)32-11-17(21(31-32)20-16(24)7-8-19(25)30-20)28-22(33)18-12-35-23(29-18)13(9-26)10-27/h7-12,14-15,26H,2-6,27H2,1H3,(H,28,33)/b13-10+,26-9?/t14-,15-. The molecule has 35 heavy (non-hydrogen) atoms. The number of carbonyl (C=O) groups is 1. The van der Waals surface area contributed by atoms with Crippen molar-refractivity contribution in [2.45, 2.75) is 44.8 Å². The number of nitrogens with one attached hydrogen (secondary N) is 2. The molecule has 1 aliphatic rings. The third-order valence-electron chi connectivity index (χ3n) is 5.76. The van der Waals surface area contributed by atoms with Gasteiger partial charge in [0.05, 0.1) is 17.8 Å². The molecule has 4 rings (SSSR count). The van der Waals surface area contributed by atoms with Crippen LogP contribution < -0.4 is 11.1 Å². The van der Waals surface area contributed by atoms with E-state index in [1.54, 1.807) is 10.9 Å². The fourth-order valence-electron chi connectivity index (χ4n) is 4.02. The Morgan fingerprint density at radius 3 is 2.74 bits per heavy atom. The summed E-state index contributed by atoms with van der Waals surface area (Å²) < 4.78 is 35.8. The van der Waals surface area contributed by atoms with E-state index >= 15 is 0 Å². The van der Waals surface area contributed by atoms with Gasteiger partial charge in [-0.05, 0) is 44.7 Å². The molecule has 0 aliphatic heterocycles. The van der Waals surface area contributed by atoms with Gasteiger partial charge in [0.1, 0.15) is 22.1 Å². The summed E-state index contributed by atoms with van der Waals surface area (Å²) in [7, 11) is 0. The van der Waals surface area contributed by atoms with Crippen LogP contribution in [-0.2, 0) is 4.74 Å². The van der Waals surface area contributed by atoms with Gasteiger partial charge in [-0.15, -0.1) is 11.3 Å². The second-order valence-electron chi connectivity index (χ2n) is 7.98. The molecule has 3 heterocycles. The molecule has 0 atom stereocenters. The number of hydrogen-bond acceptors (Lipinski definition) is 8. The van der Waals surface area contributed by atoms with E-state index in [0.717, 1.165) is 55.4 Å². The van der Waals surface area contributed by atoms with Gasteiger partial charge in [-0.25, -0.2) is 14.4 Å². The summed E-state index contributed by atoms with van der Waals surface area (Å²) in [6.07, 6.45) is 7.38. The molecule has 1 amide bonds. The molecule has 1 aliphatic carbocycles. The van der Waals surface area contributed by atoms with Crippen LogP contribution in [0.15, 0.2) is 29.9 Å². The van der Waals surface area contributed by atoms with Crippen molar-refractivity contribution in [2.75, 3.05) is 11.9 Å². The van der Waals surface area contributed by atoms with Crippen LogP contribution in [0, 0.1) is 17.2 Å². The molecule has 0 bridgehead atoms. The zero-order valence-corrected chi connectivity index (χ0v) is 19.8. The van der Waals surface area contributed by atoms with Gasteiger partial charge in [0.15, 0.2) is 5.82 Å². The number of hydrogen-bond donors (Lipinski definition) is 3. The molecule has 1 fully saturated rings. The van der Waals surface area contributed by atoms with E-state index in [1.165, 1.54) is 11.6 Å². The molecule has 1 saturated carbocycles. The predicted molar refractivity (Wildman–Crippen MR) is 129 cm³/mol. The quantitative estimate of drug-likeness (QED) is 0.310. The number of rotatable bonds is 8. The van der Waals surface area contributed by atoms with Crippen LogP contribution in [0.25, 0.3) is 17.0 Å². The third kappa shape index (κ3) is 5.43. The van der Waals surface area contributed by atoms with Gasteiger partial charge < -0.3 is 21.2 Å². The first-order valence-corrected chi connectivity index (χ1v) is 12.0. The van der Waals surface area contributed by atoms with E-state index in [4.69, 9.17) is 15.9 Å². The Morgan fingerprint density at radius 1 is 1.29 bits per heavy atom. The summed E-state index contributed by atoms with van der Waals surface area (Å²) in [5, 5.41) is 16.5. The first-order chi connectivity index (χ1) is 16.9. The second kappa shape index (κ2) is 10.8. The first kappa shape index (κ1) is 24.6. The van der Waals surface area contributed by atoms with Crippen LogP contribution in [0.2, 0.25) is 0 Å².